The Morgan fingerprint density at radius 2 is 1.77 bits per heavy atom. The van der Waals surface area contributed by atoms with Crippen LogP contribution >= 0.6 is 0 Å². The number of fused-ring (bicyclic) bond motifs is 2. The Morgan fingerprint density at radius 3 is 2.34 bits per heavy atom. The SMILES string of the molecule is CC(C)NC(=O)c1ccc(N2[C@@H]3CC[C@H]2C[C@@H](NC(=O)C(C)(C)Oc2ccc(F)c(F)c2)C3)nc1. The predicted molar refractivity (Wildman–Crippen MR) is 128 cm³/mol. The van der Waals surface area contributed by atoms with Crippen LogP contribution in [0.4, 0.5) is 14.6 Å². The Kier molecular flexibility index (Phi) is 6.96. The Labute approximate surface area is 204 Å². The highest BCUT2D eigenvalue weighted by Crippen LogP contribution is 2.38. The van der Waals surface area contributed by atoms with E-state index in [0.29, 0.717) is 5.56 Å². The first-order valence-corrected chi connectivity index (χ1v) is 12.0. The van der Waals surface area contributed by atoms with Crippen molar-refractivity contribution in [3.05, 3.63) is 53.7 Å². The number of benzene rings is 1. The van der Waals surface area contributed by atoms with Gasteiger partial charge in [0.15, 0.2) is 17.2 Å². The third-order valence-electron chi connectivity index (χ3n) is 6.57. The lowest BCUT2D eigenvalue weighted by atomic mass is 9.96. The Balaban J connectivity index is 1.37. The molecule has 4 rings (SSSR count). The molecular formula is C26H32F2N4O3. The summed E-state index contributed by atoms with van der Waals surface area (Å²) in [5.41, 5.74) is -0.728. The summed E-state index contributed by atoms with van der Waals surface area (Å²) in [4.78, 5) is 32.0. The summed E-state index contributed by atoms with van der Waals surface area (Å²) >= 11 is 0. The molecule has 0 aliphatic carbocycles. The van der Waals surface area contributed by atoms with Gasteiger partial charge in [-0.1, -0.05) is 0 Å². The Hall–Kier alpha value is -3.23. The normalized spacial score (nSPS) is 21.7. The van der Waals surface area contributed by atoms with Gasteiger partial charge in [-0.3, -0.25) is 9.59 Å². The fourth-order valence-electron chi connectivity index (χ4n) is 4.93. The zero-order chi connectivity index (χ0) is 25.3. The van der Waals surface area contributed by atoms with E-state index < -0.39 is 17.2 Å². The summed E-state index contributed by atoms with van der Waals surface area (Å²) in [7, 11) is 0. The lowest BCUT2D eigenvalue weighted by Crippen LogP contribution is -2.55. The number of ether oxygens (including phenoxy) is 1. The number of carbonyl (C=O) groups excluding carboxylic acids is 2. The van der Waals surface area contributed by atoms with Crippen LogP contribution in [0.15, 0.2) is 36.5 Å². The maximum Gasteiger partial charge on any atom is 0.263 e. The maximum atomic E-state index is 13.5. The first-order chi connectivity index (χ1) is 16.5. The van der Waals surface area contributed by atoms with Crippen LogP contribution in [0.3, 0.4) is 0 Å². The number of aromatic nitrogens is 1. The first kappa shape index (κ1) is 24.9. The molecule has 3 heterocycles. The molecule has 2 aliphatic rings. The minimum atomic E-state index is -1.26. The predicted octanol–water partition coefficient (Wildman–Crippen LogP) is 3.97. The highest BCUT2D eigenvalue weighted by molar-refractivity contribution is 5.94. The molecule has 2 bridgehead atoms. The smallest absolute Gasteiger partial charge is 0.263 e. The van der Waals surface area contributed by atoms with Crippen LogP contribution in [0.1, 0.15) is 63.7 Å². The van der Waals surface area contributed by atoms with Crippen LogP contribution in [0.5, 0.6) is 5.75 Å². The van der Waals surface area contributed by atoms with Gasteiger partial charge in [-0.05, 0) is 77.6 Å². The number of amides is 2. The average Bonchev–Trinajstić information content (AvgIpc) is 3.06. The van der Waals surface area contributed by atoms with Crippen molar-refractivity contribution in [2.24, 2.45) is 0 Å². The molecule has 0 spiro atoms. The van der Waals surface area contributed by atoms with Crippen LogP contribution < -0.4 is 20.3 Å². The summed E-state index contributed by atoms with van der Waals surface area (Å²) in [6.45, 7) is 7.04. The lowest BCUT2D eigenvalue weighted by Gasteiger charge is -2.40. The van der Waals surface area contributed by atoms with Crippen molar-refractivity contribution < 1.29 is 23.1 Å². The van der Waals surface area contributed by atoms with E-state index in [1.54, 1.807) is 26.1 Å². The number of piperidine rings is 1. The summed E-state index contributed by atoms with van der Waals surface area (Å²) in [5.74, 6) is -1.51. The molecule has 1 aromatic heterocycles. The summed E-state index contributed by atoms with van der Waals surface area (Å²) in [6, 6.07) is 7.39. The topological polar surface area (TPSA) is 83.6 Å². The molecule has 0 saturated carbocycles. The minimum absolute atomic E-state index is 0.0276. The van der Waals surface area contributed by atoms with Gasteiger partial charge in [0.05, 0.1) is 5.56 Å². The van der Waals surface area contributed by atoms with Crippen LogP contribution in [-0.4, -0.2) is 46.6 Å². The Morgan fingerprint density at radius 1 is 1.09 bits per heavy atom. The average molecular weight is 487 g/mol. The molecule has 2 aromatic rings. The van der Waals surface area contributed by atoms with Gasteiger partial charge in [0.25, 0.3) is 11.8 Å². The van der Waals surface area contributed by atoms with Crippen LogP contribution in [0, 0.1) is 11.6 Å². The molecule has 0 radical (unpaired) electrons. The molecule has 2 N–H and O–H groups in total. The van der Waals surface area contributed by atoms with E-state index in [9.17, 15) is 18.4 Å². The fraction of sp³-hybridized carbons (Fsp3) is 0.500. The molecule has 2 fully saturated rings. The molecule has 1 aromatic carbocycles. The number of hydrogen-bond donors (Lipinski definition) is 2. The van der Waals surface area contributed by atoms with Crippen molar-refractivity contribution in [3.8, 4) is 5.75 Å². The fourth-order valence-corrected chi connectivity index (χ4v) is 4.93. The van der Waals surface area contributed by atoms with Crippen LogP contribution in [0.2, 0.25) is 0 Å². The lowest BCUT2D eigenvalue weighted by molar-refractivity contribution is -0.135. The van der Waals surface area contributed by atoms with Gasteiger partial charge in [-0.15, -0.1) is 0 Å². The molecule has 0 unspecified atom stereocenters. The van der Waals surface area contributed by atoms with E-state index in [-0.39, 0.29) is 41.7 Å². The molecular weight excluding hydrogens is 454 g/mol. The molecule has 188 valence electrons. The maximum absolute atomic E-state index is 13.5. The summed E-state index contributed by atoms with van der Waals surface area (Å²) in [5, 5.41) is 5.95. The van der Waals surface area contributed by atoms with E-state index in [4.69, 9.17) is 4.74 Å². The van der Waals surface area contributed by atoms with E-state index in [1.807, 2.05) is 19.9 Å². The highest BCUT2D eigenvalue weighted by atomic mass is 19.2. The van der Waals surface area contributed by atoms with Gasteiger partial charge in [0.1, 0.15) is 11.6 Å². The monoisotopic (exact) mass is 486 g/mol. The van der Waals surface area contributed by atoms with Gasteiger partial charge in [0, 0.05) is 36.4 Å². The van der Waals surface area contributed by atoms with E-state index in [0.717, 1.165) is 43.6 Å². The van der Waals surface area contributed by atoms with Gasteiger partial charge >= 0.3 is 0 Å². The number of hydrogen-bond acceptors (Lipinski definition) is 5. The second-order valence-electron chi connectivity index (χ2n) is 10.2. The largest absolute Gasteiger partial charge is 0.478 e. The van der Waals surface area contributed by atoms with Crippen molar-refractivity contribution in [1.29, 1.82) is 0 Å². The third-order valence-corrected chi connectivity index (χ3v) is 6.57. The number of halogens is 2. The molecule has 2 aliphatic heterocycles. The molecule has 3 atom stereocenters. The number of nitrogens with zero attached hydrogens (tertiary/aromatic N) is 2. The molecule has 2 amide bonds. The van der Waals surface area contributed by atoms with Gasteiger partial charge < -0.3 is 20.3 Å². The standard InChI is InChI=1S/C26H32F2N4O3/c1-15(2)30-24(33)16-5-10-23(29-14-16)32-18-6-7-19(32)12-17(11-18)31-25(34)26(3,4)35-20-8-9-21(27)22(28)13-20/h5,8-10,13-15,17-19H,6-7,11-12H2,1-4H3,(H,30,33)(H,31,34)/t17-,18+,19-. The highest BCUT2D eigenvalue weighted by Gasteiger charge is 2.43. The first-order valence-electron chi connectivity index (χ1n) is 12.0. The molecule has 7 nitrogen and oxygen atoms in total. The van der Waals surface area contributed by atoms with Gasteiger partial charge in [-0.2, -0.15) is 0 Å². The molecule has 9 heteroatoms. The van der Waals surface area contributed by atoms with Gasteiger partial charge in [0.2, 0.25) is 0 Å². The van der Waals surface area contributed by atoms with Crippen LogP contribution in [-0.2, 0) is 4.79 Å². The summed E-state index contributed by atoms with van der Waals surface area (Å²) in [6.07, 6.45) is 5.14. The Bertz CT molecular complexity index is 1080. The summed E-state index contributed by atoms with van der Waals surface area (Å²) < 4.78 is 32.4. The number of nitrogens with one attached hydrogen (secondary N) is 2. The van der Waals surface area contributed by atoms with Crippen molar-refractivity contribution in [2.75, 3.05) is 4.90 Å². The van der Waals surface area contributed by atoms with Crippen molar-refractivity contribution in [3.63, 3.8) is 0 Å². The van der Waals surface area contributed by atoms with Crippen molar-refractivity contribution in [1.82, 2.24) is 15.6 Å². The zero-order valence-corrected chi connectivity index (χ0v) is 20.5. The van der Waals surface area contributed by atoms with Gasteiger partial charge in [-0.25, -0.2) is 13.8 Å². The quantitative estimate of drug-likeness (QED) is 0.619. The second-order valence-corrected chi connectivity index (χ2v) is 10.2. The van der Waals surface area contributed by atoms with E-state index in [2.05, 4.69) is 20.5 Å². The van der Waals surface area contributed by atoms with Crippen LogP contribution in [0.25, 0.3) is 0 Å². The van der Waals surface area contributed by atoms with Crippen molar-refractivity contribution >= 4 is 17.6 Å². The molecule has 2 saturated heterocycles. The third kappa shape index (κ3) is 5.55. The number of pyridine rings is 1. The second kappa shape index (κ2) is 9.79. The number of rotatable bonds is 7. The van der Waals surface area contributed by atoms with E-state index in [1.165, 1.54) is 6.07 Å². The van der Waals surface area contributed by atoms with Crippen molar-refractivity contribution in [2.45, 2.75) is 83.1 Å². The number of carbonyl (C=O) groups is 2. The number of anilines is 1. The minimum Gasteiger partial charge on any atom is -0.478 e. The zero-order valence-electron chi connectivity index (χ0n) is 20.5. The molecule has 35 heavy (non-hydrogen) atoms. The van der Waals surface area contributed by atoms with E-state index >= 15 is 0 Å².